The van der Waals surface area contributed by atoms with Gasteiger partial charge in [-0.25, -0.2) is 0 Å². The van der Waals surface area contributed by atoms with E-state index < -0.39 is 5.97 Å². The van der Waals surface area contributed by atoms with Gasteiger partial charge in [0, 0.05) is 0 Å². The molecule has 3 nitrogen and oxygen atoms in total. The molecule has 17 heavy (non-hydrogen) atoms. The summed E-state index contributed by atoms with van der Waals surface area (Å²) in [5.41, 5.74) is 2.35. The first-order chi connectivity index (χ1) is 8.19. The summed E-state index contributed by atoms with van der Waals surface area (Å²) >= 11 is 0. The summed E-state index contributed by atoms with van der Waals surface area (Å²) in [6, 6.07) is 5.94. The zero-order valence-electron chi connectivity index (χ0n) is 10.3. The normalized spacial score (nSPS) is 22.9. The summed E-state index contributed by atoms with van der Waals surface area (Å²) in [6.07, 6.45) is 2.37. The first-order valence-corrected chi connectivity index (χ1v) is 6.07. The molecular weight excluding hydrogens is 216 g/mol. The molecule has 0 amide bonds. The SMILES string of the molecule is CCC1c2cccc(OC)c2CCC1C(=O)O. The highest BCUT2D eigenvalue weighted by atomic mass is 16.5. The molecule has 0 saturated carbocycles. The van der Waals surface area contributed by atoms with Crippen molar-refractivity contribution in [2.75, 3.05) is 7.11 Å². The number of carboxylic acid groups (broad SMARTS) is 1. The lowest BCUT2D eigenvalue weighted by Crippen LogP contribution is -2.27. The van der Waals surface area contributed by atoms with Crippen LogP contribution in [0.1, 0.15) is 36.8 Å². The molecule has 0 bridgehead atoms. The molecule has 92 valence electrons. The number of hydrogen-bond acceptors (Lipinski definition) is 2. The maximum Gasteiger partial charge on any atom is 0.307 e. The summed E-state index contributed by atoms with van der Waals surface area (Å²) in [5, 5.41) is 9.26. The van der Waals surface area contributed by atoms with Crippen molar-refractivity contribution < 1.29 is 14.6 Å². The molecule has 0 saturated heterocycles. The van der Waals surface area contributed by atoms with E-state index in [1.54, 1.807) is 7.11 Å². The van der Waals surface area contributed by atoms with Gasteiger partial charge in [-0.15, -0.1) is 0 Å². The molecule has 1 aromatic carbocycles. The number of fused-ring (bicyclic) bond motifs is 1. The third kappa shape index (κ3) is 2.02. The highest BCUT2D eigenvalue weighted by Crippen LogP contribution is 2.41. The fraction of sp³-hybridized carbons (Fsp3) is 0.500. The predicted octanol–water partition coefficient (Wildman–Crippen LogP) is 2.84. The molecule has 1 N–H and O–H groups in total. The van der Waals surface area contributed by atoms with Crippen molar-refractivity contribution in [1.82, 2.24) is 0 Å². The van der Waals surface area contributed by atoms with Gasteiger partial charge in [-0.1, -0.05) is 19.1 Å². The topological polar surface area (TPSA) is 46.5 Å². The van der Waals surface area contributed by atoms with Gasteiger partial charge in [-0.3, -0.25) is 4.79 Å². The van der Waals surface area contributed by atoms with E-state index >= 15 is 0 Å². The summed E-state index contributed by atoms with van der Waals surface area (Å²) in [6.45, 7) is 2.05. The van der Waals surface area contributed by atoms with Crippen molar-refractivity contribution >= 4 is 5.97 Å². The summed E-state index contributed by atoms with van der Waals surface area (Å²) < 4.78 is 5.35. The van der Waals surface area contributed by atoms with Gasteiger partial charge < -0.3 is 9.84 Å². The third-order valence-corrected chi connectivity index (χ3v) is 3.74. The van der Waals surface area contributed by atoms with Crippen molar-refractivity contribution in [2.45, 2.75) is 32.1 Å². The van der Waals surface area contributed by atoms with Crippen molar-refractivity contribution in [3.8, 4) is 5.75 Å². The van der Waals surface area contributed by atoms with Crippen LogP contribution in [0.25, 0.3) is 0 Å². The molecule has 0 aliphatic heterocycles. The number of ether oxygens (including phenoxy) is 1. The van der Waals surface area contributed by atoms with Gasteiger partial charge in [0.2, 0.25) is 0 Å². The first kappa shape index (κ1) is 12.0. The second-order valence-corrected chi connectivity index (χ2v) is 4.53. The molecule has 0 aromatic heterocycles. The van der Waals surface area contributed by atoms with E-state index in [2.05, 4.69) is 6.92 Å². The van der Waals surface area contributed by atoms with Crippen LogP contribution in [0, 0.1) is 5.92 Å². The number of benzene rings is 1. The van der Waals surface area contributed by atoms with Gasteiger partial charge >= 0.3 is 5.97 Å². The van der Waals surface area contributed by atoms with Crippen LogP contribution in [0.2, 0.25) is 0 Å². The van der Waals surface area contributed by atoms with Crippen molar-refractivity contribution in [2.24, 2.45) is 5.92 Å². The van der Waals surface area contributed by atoms with Gasteiger partial charge in [0.05, 0.1) is 13.0 Å². The third-order valence-electron chi connectivity index (χ3n) is 3.74. The maximum atomic E-state index is 11.3. The van der Waals surface area contributed by atoms with E-state index in [4.69, 9.17) is 4.74 Å². The first-order valence-electron chi connectivity index (χ1n) is 6.07. The van der Waals surface area contributed by atoms with Gasteiger partial charge in [0.15, 0.2) is 0 Å². The maximum absolute atomic E-state index is 11.3. The zero-order chi connectivity index (χ0) is 12.4. The Kier molecular flexibility index (Phi) is 3.36. The minimum atomic E-state index is -0.676. The second-order valence-electron chi connectivity index (χ2n) is 4.53. The van der Waals surface area contributed by atoms with E-state index in [-0.39, 0.29) is 11.8 Å². The minimum absolute atomic E-state index is 0.117. The smallest absolute Gasteiger partial charge is 0.307 e. The molecule has 0 fully saturated rings. The number of hydrogen-bond donors (Lipinski definition) is 1. The van der Waals surface area contributed by atoms with Gasteiger partial charge in [-0.05, 0) is 42.4 Å². The quantitative estimate of drug-likeness (QED) is 0.874. The Morgan fingerprint density at radius 1 is 1.53 bits per heavy atom. The number of carboxylic acids is 1. The lowest BCUT2D eigenvalue weighted by atomic mass is 9.73. The monoisotopic (exact) mass is 234 g/mol. The molecule has 0 spiro atoms. The molecule has 1 aromatic rings. The van der Waals surface area contributed by atoms with Gasteiger partial charge in [0.25, 0.3) is 0 Å². The standard InChI is InChI=1S/C14H18O3/c1-3-9-10-5-4-6-13(17-2)11(10)7-8-12(9)14(15)16/h4-6,9,12H,3,7-8H2,1-2H3,(H,15,16). The number of rotatable bonds is 3. The van der Waals surface area contributed by atoms with Gasteiger partial charge in [0.1, 0.15) is 5.75 Å². The fourth-order valence-electron chi connectivity index (χ4n) is 2.91. The second kappa shape index (κ2) is 4.78. The number of aliphatic carboxylic acids is 1. The summed E-state index contributed by atoms with van der Waals surface area (Å²) in [4.78, 5) is 11.3. The van der Waals surface area contributed by atoms with E-state index in [9.17, 15) is 9.90 Å². The minimum Gasteiger partial charge on any atom is -0.496 e. The van der Waals surface area contributed by atoms with E-state index in [1.807, 2.05) is 18.2 Å². The molecule has 0 heterocycles. The highest BCUT2D eigenvalue weighted by molar-refractivity contribution is 5.72. The molecule has 1 aliphatic rings. The van der Waals surface area contributed by atoms with Crippen molar-refractivity contribution in [1.29, 1.82) is 0 Å². The number of methoxy groups -OCH3 is 1. The fourth-order valence-corrected chi connectivity index (χ4v) is 2.91. The molecular formula is C14H18O3. The largest absolute Gasteiger partial charge is 0.496 e. The van der Waals surface area contributed by atoms with Crippen LogP contribution in [0.5, 0.6) is 5.75 Å². The molecule has 0 radical (unpaired) electrons. The average Bonchev–Trinajstić information content (AvgIpc) is 2.36. The number of carbonyl (C=O) groups is 1. The predicted molar refractivity (Wildman–Crippen MR) is 65.5 cm³/mol. The molecule has 1 aliphatic carbocycles. The van der Waals surface area contributed by atoms with Gasteiger partial charge in [-0.2, -0.15) is 0 Å². The lowest BCUT2D eigenvalue weighted by molar-refractivity contribution is -0.143. The van der Waals surface area contributed by atoms with E-state index in [0.717, 1.165) is 24.2 Å². The van der Waals surface area contributed by atoms with Crippen molar-refractivity contribution in [3.63, 3.8) is 0 Å². The summed E-state index contributed by atoms with van der Waals surface area (Å²) in [7, 11) is 1.67. The Labute approximate surface area is 101 Å². The Balaban J connectivity index is 2.45. The Morgan fingerprint density at radius 2 is 2.29 bits per heavy atom. The van der Waals surface area contributed by atoms with Crippen LogP contribution in [0.3, 0.4) is 0 Å². The van der Waals surface area contributed by atoms with E-state index in [0.29, 0.717) is 6.42 Å². The van der Waals surface area contributed by atoms with Crippen LogP contribution in [0.15, 0.2) is 18.2 Å². The van der Waals surface area contributed by atoms with Crippen LogP contribution in [-0.2, 0) is 11.2 Å². The van der Waals surface area contributed by atoms with Crippen LogP contribution < -0.4 is 4.74 Å². The van der Waals surface area contributed by atoms with Crippen LogP contribution in [0.4, 0.5) is 0 Å². The Bertz CT molecular complexity index is 425. The van der Waals surface area contributed by atoms with Crippen LogP contribution >= 0.6 is 0 Å². The molecule has 2 unspecified atom stereocenters. The Hall–Kier alpha value is -1.51. The molecule has 3 heteroatoms. The van der Waals surface area contributed by atoms with Crippen molar-refractivity contribution in [3.05, 3.63) is 29.3 Å². The molecule has 2 rings (SSSR count). The Morgan fingerprint density at radius 3 is 2.88 bits per heavy atom. The van der Waals surface area contributed by atoms with E-state index in [1.165, 1.54) is 5.56 Å². The average molecular weight is 234 g/mol. The molecule has 2 atom stereocenters. The van der Waals surface area contributed by atoms with Crippen LogP contribution in [-0.4, -0.2) is 18.2 Å². The summed E-state index contributed by atoms with van der Waals surface area (Å²) in [5.74, 6) is 0.0843. The lowest BCUT2D eigenvalue weighted by Gasteiger charge is -2.31. The zero-order valence-corrected chi connectivity index (χ0v) is 10.3. The highest BCUT2D eigenvalue weighted by Gasteiger charge is 2.34.